The fourth-order valence-corrected chi connectivity index (χ4v) is 8.48. The molecule has 11 rings (SSSR count). The highest BCUT2D eigenvalue weighted by Crippen LogP contribution is 2.41. The Labute approximate surface area is 325 Å². The first-order chi connectivity index (χ1) is 27.8. The lowest BCUT2D eigenvalue weighted by molar-refractivity contribution is 1.16. The average Bonchev–Trinajstić information content (AvgIpc) is 3.78. The zero-order valence-electron chi connectivity index (χ0n) is 30.5. The van der Waals surface area contributed by atoms with E-state index in [9.17, 15) is 0 Å². The maximum absolute atomic E-state index is 5.21. The van der Waals surface area contributed by atoms with Crippen molar-refractivity contribution >= 4 is 43.6 Å². The van der Waals surface area contributed by atoms with E-state index in [-0.39, 0.29) is 0 Å². The van der Waals surface area contributed by atoms with E-state index in [4.69, 9.17) is 4.98 Å². The zero-order chi connectivity index (χ0) is 37.0. The number of rotatable bonds is 6. The van der Waals surface area contributed by atoms with Crippen LogP contribution in [-0.4, -0.2) is 14.1 Å². The van der Waals surface area contributed by atoms with Crippen LogP contribution in [0.1, 0.15) is 0 Å². The lowest BCUT2D eigenvalue weighted by Gasteiger charge is -2.14. The summed E-state index contributed by atoms with van der Waals surface area (Å²) < 4.78 is 4.89. The molecule has 0 aliphatic heterocycles. The topological polar surface area (TPSA) is 22.8 Å². The van der Waals surface area contributed by atoms with Crippen LogP contribution in [0.4, 0.5) is 0 Å². The predicted octanol–water partition coefficient (Wildman–Crippen LogP) is 13.9. The van der Waals surface area contributed by atoms with Crippen LogP contribution < -0.4 is 0 Å². The monoisotopic (exact) mass is 713 g/mol. The van der Waals surface area contributed by atoms with Crippen LogP contribution in [-0.2, 0) is 0 Å². The van der Waals surface area contributed by atoms with Gasteiger partial charge in [-0.2, -0.15) is 0 Å². The summed E-state index contributed by atoms with van der Waals surface area (Å²) in [6, 6.07) is 76.3. The van der Waals surface area contributed by atoms with Crippen molar-refractivity contribution in [2.45, 2.75) is 0 Å². The number of nitrogens with zero attached hydrogens (tertiary/aromatic N) is 3. The molecule has 0 aliphatic rings. The fourth-order valence-electron chi connectivity index (χ4n) is 8.48. The van der Waals surface area contributed by atoms with Crippen molar-refractivity contribution in [3.05, 3.63) is 212 Å². The van der Waals surface area contributed by atoms with E-state index < -0.39 is 0 Å². The van der Waals surface area contributed by atoms with Gasteiger partial charge in [0.25, 0.3) is 0 Å². The molecular weight excluding hydrogens is 679 g/mol. The van der Waals surface area contributed by atoms with Crippen molar-refractivity contribution in [3.63, 3.8) is 0 Å². The number of para-hydroxylation sites is 2. The van der Waals surface area contributed by atoms with Crippen LogP contribution in [0.25, 0.3) is 99.8 Å². The van der Waals surface area contributed by atoms with Gasteiger partial charge in [0.2, 0.25) is 0 Å². The van der Waals surface area contributed by atoms with Crippen molar-refractivity contribution in [3.8, 4) is 56.1 Å². The summed E-state index contributed by atoms with van der Waals surface area (Å²) in [5, 5.41) is 4.85. The van der Waals surface area contributed by atoms with Crippen LogP contribution in [0.15, 0.2) is 212 Å². The highest BCUT2D eigenvalue weighted by molar-refractivity contribution is 6.19. The van der Waals surface area contributed by atoms with E-state index >= 15 is 0 Å². The van der Waals surface area contributed by atoms with E-state index in [1.165, 1.54) is 54.8 Å². The van der Waals surface area contributed by atoms with E-state index in [0.29, 0.717) is 0 Å². The zero-order valence-corrected chi connectivity index (χ0v) is 30.5. The Morgan fingerprint density at radius 3 is 1.04 bits per heavy atom. The van der Waals surface area contributed by atoms with Gasteiger partial charge in [-0.3, -0.25) is 0 Å². The average molecular weight is 714 g/mol. The summed E-state index contributed by atoms with van der Waals surface area (Å²) in [4.78, 5) is 5.21. The van der Waals surface area contributed by atoms with Gasteiger partial charge in [-0.25, -0.2) is 4.98 Å². The molecule has 3 heterocycles. The number of pyridine rings is 1. The van der Waals surface area contributed by atoms with Crippen LogP contribution >= 0.6 is 0 Å². The van der Waals surface area contributed by atoms with Crippen molar-refractivity contribution in [1.29, 1.82) is 0 Å². The molecule has 0 saturated heterocycles. The Morgan fingerprint density at radius 2 is 0.607 bits per heavy atom. The van der Waals surface area contributed by atoms with Gasteiger partial charge in [0.1, 0.15) is 0 Å². The van der Waals surface area contributed by atoms with Crippen LogP contribution in [0, 0.1) is 0 Å². The third-order valence-corrected chi connectivity index (χ3v) is 11.1. The largest absolute Gasteiger partial charge is 0.309 e. The molecular formula is C53H35N3. The molecule has 0 bridgehead atoms. The Kier molecular flexibility index (Phi) is 7.49. The standard InChI is InChI=1S/C53H35N3/c1-5-17-36(18-6-1)40-29-41(37-19-7-2-8-20-37)31-42(30-40)55-50-27-15-13-25-44(50)46-35-53-47(34-52(46)55)45-26-14-16-28-51(45)56(53)43-32-48(38-21-9-3-10-22-38)54-49(33-43)39-23-11-4-12-24-39/h1-35H. The van der Waals surface area contributed by atoms with Crippen molar-refractivity contribution in [2.24, 2.45) is 0 Å². The van der Waals surface area contributed by atoms with Gasteiger partial charge in [-0.15, -0.1) is 0 Å². The molecule has 11 aromatic rings. The summed E-state index contributed by atoms with van der Waals surface area (Å²) in [6.45, 7) is 0. The number of benzene rings is 8. The molecule has 0 unspecified atom stereocenters. The summed E-state index contributed by atoms with van der Waals surface area (Å²) in [5.74, 6) is 0. The molecule has 0 aliphatic carbocycles. The van der Waals surface area contributed by atoms with Crippen LogP contribution in [0.3, 0.4) is 0 Å². The summed E-state index contributed by atoms with van der Waals surface area (Å²) in [7, 11) is 0. The SMILES string of the molecule is c1ccc(-c2cc(-c3ccccc3)cc(-n3c4ccccc4c4cc5c(cc43)c3ccccc3n5-c3cc(-c4ccccc4)nc(-c4ccccc4)c3)c2)cc1. The van der Waals surface area contributed by atoms with E-state index in [2.05, 4.69) is 221 Å². The van der Waals surface area contributed by atoms with Gasteiger partial charge in [0, 0.05) is 38.4 Å². The molecule has 0 N–H and O–H groups in total. The molecule has 3 aromatic heterocycles. The maximum atomic E-state index is 5.21. The Hall–Kier alpha value is -7.49. The number of hydrogen-bond donors (Lipinski definition) is 0. The molecule has 0 atom stereocenters. The lowest BCUT2D eigenvalue weighted by atomic mass is 9.98. The third-order valence-electron chi connectivity index (χ3n) is 11.1. The van der Waals surface area contributed by atoms with E-state index in [1.54, 1.807) is 0 Å². The maximum Gasteiger partial charge on any atom is 0.0730 e. The fraction of sp³-hybridized carbons (Fsp3) is 0. The van der Waals surface area contributed by atoms with Crippen molar-refractivity contribution in [2.75, 3.05) is 0 Å². The van der Waals surface area contributed by atoms with E-state index in [1.807, 2.05) is 0 Å². The first-order valence-corrected chi connectivity index (χ1v) is 19.1. The smallest absolute Gasteiger partial charge is 0.0730 e. The highest BCUT2D eigenvalue weighted by Gasteiger charge is 2.20. The second-order valence-electron chi connectivity index (χ2n) is 14.4. The quantitative estimate of drug-likeness (QED) is 0.168. The van der Waals surface area contributed by atoms with Crippen LogP contribution in [0.5, 0.6) is 0 Å². The van der Waals surface area contributed by atoms with Gasteiger partial charge in [-0.1, -0.05) is 158 Å². The number of fused-ring (bicyclic) bond motifs is 6. The second-order valence-corrected chi connectivity index (χ2v) is 14.4. The first-order valence-electron chi connectivity index (χ1n) is 19.1. The first kappa shape index (κ1) is 32.0. The minimum atomic E-state index is 0.943. The normalized spacial score (nSPS) is 11.6. The Morgan fingerprint density at radius 1 is 0.250 bits per heavy atom. The molecule has 262 valence electrons. The van der Waals surface area contributed by atoms with Gasteiger partial charge in [0.15, 0.2) is 0 Å². The summed E-state index contributed by atoms with van der Waals surface area (Å²) in [5.41, 5.74) is 15.7. The Balaban J connectivity index is 1.21. The van der Waals surface area contributed by atoms with E-state index in [0.717, 1.165) is 44.9 Å². The van der Waals surface area contributed by atoms with Gasteiger partial charge in [0.05, 0.1) is 39.1 Å². The molecule has 0 saturated carbocycles. The molecule has 0 fully saturated rings. The number of aromatic nitrogens is 3. The number of hydrogen-bond acceptors (Lipinski definition) is 1. The highest BCUT2D eigenvalue weighted by atomic mass is 15.0. The minimum absolute atomic E-state index is 0.943. The summed E-state index contributed by atoms with van der Waals surface area (Å²) >= 11 is 0. The van der Waals surface area contributed by atoms with Crippen molar-refractivity contribution in [1.82, 2.24) is 14.1 Å². The second kappa shape index (κ2) is 13.1. The lowest BCUT2D eigenvalue weighted by Crippen LogP contribution is -1.98. The Bertz CT molecular complexity index is 2880. The molecule has 3 nitrogen and oxygen atoms in total. The molecule has 56 heavy (non-hydrogen) atoms. The molecule has 0 radical (unpaired) electrons. The molecule has 0 amide bonds. The van der Waals surface area contributed by atoms with Gasteiger partial charge < -0.3 is 9.13 Å². The minimum Gasteiger partial charge on any atom is -0.309 e. The summed E-state index contributed by atoms with van der Waals surface area (Å²) in [6.07, 6.45) is 0. The van der Waals surface area contributed by atoms with Gasteiger partial charge in [-0.05, 0) is 76.9 Å². The van der Waals surface area contributed by atoms with Crippen molar-refractivity contribution < 1.29 is 0 Å². The van der Waals surface area contributed by atoms with Crippen LogP contribution in [0.2, 0.25) is 0 Å². The predicted molar refractivity (Wildman–Crippen MR) is 235 cm³/mol. The molecule has 8 aromatic carbocycles. The van der Waals surface area contributed by atoms with Gasteiger partial charge >= 0.3 is 0 Å². The molecule has 0 spiro atoms. The third kappa shape index (κ3) is 5.32. The molecule has 3 heteroatoms.